The van der Waals surface area contributed by atoms with Crippen molar-refractivity contribution in [2.24, 2.45) is 5.41 Å². The Kier molecular flexibility index (Phi) is 9.77. The number of hydrogen-bond donors (Lipinski definition) is 0. The molecule has 0 radical (unpaired) electrons. The van der Waals surface area contributed by atoms with Gasteiger partial charge >= 0.3 is 6.09 Å². The summed E-state index contributed by atoms with van der Waals surface area (Å²) in [5, 5.41) is 1.29. The Bertz CT molecular complexity index is 1240. The predicted molar refractivity (Wildman–Crippen MR) is 164 cm³/mol. The fourth-order valence-electron chi connectivity index (χ4n) is 6.29. The van der Waals surface area contributed by atoms with Crippen LogP contribution in [0.1, 0.15) is 77.0 Å². The first-order valence-electron chi connectivity index (χ1n) is 14.4. The summed E-state index contributed by atoms with van der Waals surface area (Å²) < 4.78 is 12.0. The van der Waals surface area contributed by atoms with Crippen molar-refractivity contribution >= 4 is 35.2 Å². The second-order valence-corrected chi connectivity index (χ2v) is 13.3. The Morgan fingerprint density at radius 2 is 1.88 bits per heavy atom. The van der Waals surface area contributed by atoms with Gasteiger partial charge in [-0.2, -0.15) is 0 Å². The third kappa shape index (κ3) is 7.10. The number of benzene rings is 2. The summed E-state index contributed by atoms with van der Waals surface area (Å²) >= 11 is 12.8. The number of carbonyl (C=O) groups is 2. The number of allylic oxidation sites excluding steroid dienone is 1. The standard InChI is InChI=1S/C33H42Cl2N2O4/c1-7-16-33(6)20-26(23-10-9-11-25(35)19-23)29(22-12-14-24(34)15-13-22)37(30(33)38)27(8-2)28-21-36(17-18-40-28)31(39)41-32(3,4)5/h7,9-15,19,26-29H,1,8,16-18,20-21H2,2-6H3/t26-,27+,28-,29-,33+/m1/s1. The molecule has 2 aromatic carbocycles. The van der Waals surface area contributed by atoms with E-state index in [0.29, 0.717) is 49.0 Å². The maximum absolute atomic E-state index is 14.6. The number of likely N-dealkylation sites (tertiary alicyclic amines) is 1. The van der Waals surface area contributed by atoms with Crippen molar-refractivity contribution in [3.05, 3.63) is 82.4 Å². The van der Waals surface area contributed by atoms with E-state index < -0.39 is 11.0 Å². The molecule has 4 rings (SSSR count). The molecule has 8 heteroatoms. The molecule has 0 aliphatic carbocycles. The fraction of sp³-hybridized carbons (Fsp3) is 0.515. The van der Waals surface area contributed by atoms with Crippen molar-refractivity contribution in [3.8, 4) is 0 Å². The zero-order valence-electron chi connectivity index (χ0n) is 24.7. The van der Waals surface area contributed by atoms with Crippen LogP contribution in [0.3, 0.4) is 0 Å². The maximum atomic E-state index is 14.6. The monoisotopic (exact) mass is 600 g/mol. The van der Waals surface area contributed by atoms with Crippen LogP contribution in [-0.2, 0) is 14.3 Å². The van der Waals surface area contributed by atoms with E-state index in [0.717, 1.165) is 11.1 Å². The number of piperidine rings is 1. The number of carbonyl (C=O) groups excluding carboxylic acids is 2. The topological polar surface area (TPSA) is 59.1 Å². The highest BCUT2D eigenvalue weighted by atomic mass is 35.5. The zero-order chi connectivity index (χ0) is 29.9. The first-order chi connectivity index (χ1) is 19.4. The van der Waals surface area contributed by atoms with Gasteiger partial charge in [-0.25, -0.2) is 4.79 Å². The number of rotatable bonds is 7. The van der Waals surface area contributed by atoms with Crippen molar-refractivity contribution in [3.63, 3.8) is 0 Å². The number of halogens is 2. The number of hydrogen-bond acceptors (Lipinski definition) is 4. The number of ether oxygens (including phenoxy) is 2. The Morgan fingerprint density at radius 3 is 2.49 bits per heavy atom. The summed E-state index contributed by atoms with van der Waals surface area (Å²) in [6.45, 7) is 14.8. The minimum atomic E-state index is -0.676. The first kappa shape index (κ1) is 31.4. The van der Waals surface area contributed by atoms with Gasteiger partial charge in [0.15, 0.2) is 0 Å². The van der Waals surface area contributed by atoms with E-state index in [9.17, 15) is 9.59 Å². The third-order valence-electron chi connectivity index (χ3n) is 8.14. The zero-order valence-corrected chi connectivity index (χ0v) is 26.3. The van der Waals surface area contributed by atoms with Crippen molar-refractivity contribution in [2.75, 3.05) is 19.7 Å². The second-order valence-electron chi connectivity index (χ2n) is 12.4. The molecule has 0 aromatic heterocycles. The molecule has 6 nitrogen and oxygen atoms in total. The lowest BCUT2D eigenvalue weighted by Crippen LogP contribution is -2.61. The molecule has 2 fully saturated rings. The lowest BCUT2D eigenvalue weighted by Gasteiger charge is -2.54. The van der Waals surface area contributed by atoms with Gasteiger partial charge in [-0.05, 0) is 75.4 Å². The van der Waals surface area contributed by atoms with E-state index in [2.05, 4.69) is 19.6 Å². The molecule has 5 atom stereocenters. The van der Waals surface area contributed by atoms with Gasteiger partial charge in [0, 0.05) is 22.5 Å². The van der Waals surface area contributed by atoms with E-state index >= 15 is 0 Å². The van der Waals surface area contributed by atoms with Gasteiger partial charge in [-0.1, -0.05) is 67.4 Å². The van der Waals surface area contributed by atoms with Gasteiger partial charge < -0.3 is 19.3 Å². The van der Waals surface area contributed by atoms with Crippen LogP contribution in [0.25, 0.3) is 0 Å². The lowest BCUT2D eigenvalue weighted by molar-refractivity contribution is -0.163. The van der Waals surface area contributed by atoms with Crippen LogP contribution in [0.5, 0.6) is 0 Å². The predicted octanol–water partition coefficient (Wildman–Crippen LogP) is 8.05. The van der Waals surface area contributed by atoms with Crippen LogP contribution in [-0.4, -0.2) is 59.2 Å². The van der Waals surface area contributed by atoms with Crippen LogP contribution < -0.4 is 0 Å². The SMILES string of the molecule is C=CC[C@@]1(C)C[C@H](c2cccc(Cl)c2)[C@@H](c2ccc(Cl)cc2)N([C@@H](CC)[C@H]2CN(C(=O)OC(C)(C)C)CCO2)C1=O. The Hall–Kier alpha value is -2.54. The highest BCUT2D eigenvalue weighted by Crippen LogP contribution is 2.52. The summed E-state index contributed by atoms with van der Waals surface area (Å²) in [5.74, 6) is 0.0117. The summed E-state index contributed by atoms with van der Waals surface area (Å²) in [4.78, 5) is 31.4. The Labute approximate surface area is 254 Å². The van der Waals surface area contributed by atoms with Crippen LogP contribution in [0.15, 0.2) is 61.2 Å². The van der Waals surface area contributed by atoms with E-state index in [-0.39, 0.29) is 36.1 Å². The molecule has 2 amide bonds. The first-order valence-corrected chi connectivity index (χ1v) is 15.2. The second kappa shape index (κ2) is 12.8. The van der Waals surface area contributed by atoms with Crippen LogP contribution in [0.4, 0.5) is 4.79 Å². The number of amides is 2. The van der Waals surface area contributed by atoms with Crippen LogP contribution in [0.2, 0.25) is 10.0 Å². The van der Waals surface area contributed by atoms with Crippen LogP contribution >= 0.6 is 23.2 Å². The Morgan fingerprint density at radius 1 is 1.17 bits per heavy atom. The maximum Gasteiger partial charge on any atom is 0.410 e. The fourth-order valence-corrected chi connectivity index (χ4v) is 6.62. The van der Waals surface area contributed by atoms with Gasteiger partial charge in [0.05, 0.1) is 36.8 Å². The third-order valence-corrected chi connectivity index (χ3v) is 8.62. The van der Waals surface area contributed by atoms with E-state index in [4.69, 9.17) is 32.7 Å². The summed E-state index contributed by atoms with van der Waals surface area (Å²) in [7, 11) is 0. The normalized spacial score (nSPS) is 26.0. The van der Waals surface area contributed by atoms with Crippen molar-refractivity contribution in [1.29, 1.82) is 0 Å². The smallest absolute Gasteiger partial charge is 0.410 e. The van der Waals surface area contributed by atoms with E-state index in [1.165, 1.54) is 0 Å². The Balaban J connectivity index is 1.81. The molecule has 2 aromatic rings. The minimum Gasteiger partial charge on any atom is -0.444 e. The average molecular weight is 602 g/mol. The molecule has 0 bridgehead atoms. The highest BCUT2D eigenvalue weighted by molar-refractivity contribution is 6.30. The number of morpholine rings is 1. The molecule has 0 unspecified atom stereocenters. The average Bonchev–Trinajstić information content (AvgIpc) is 2.91. The minimum absolute atomic E-state index is 0.0443. The molecule has 2 aliphatic heterocycles. The molecule has 41 heavy (non-hydrogen) atoms. The number of nitrogens with zero attached hydrogens (tertiary/aromatic N) is 2. The van der Waals surface area contributed by atoms with Crippen LogP contribution in [0, 0.1) is 5.41 Å². The largest absolute Gasteiger partial charge is 0.444 e. The highest BCUT2D eigenvalue weighted by Gasteiger charge is 2.52. The van der Waals surface area contributed by atoms with Gasteiger partial charge in [-0.3, -0.25) is 4.79 Å². The lowest BCUT2D eigenvalue weighted by atomic mass is 9.67. The molecule has 222 valence electrons. The van der Waals surface area contributed by atoms with Crippen molar-refractivity contribution in [1.82, 2.24) is 9.80 Å². The molecule has 0 saturated carbocycles. The molecule has 2 saturated heterocycles. The quantitative estimate of drug-likeness (QED) is 0.302. The molecule has 2 aliphatic rings. The summed E-state index contributed by atoms with van der Waals surface area (Å²) in [5.41, 5.74) is 0.783. The molecule has 0 N–H and O–H groups in total. The molecule has 2 heterocycles. The summed E-state index contributed by atoms with van der Waals surface area (Å²) in [6, 6.07) is 15.1. The summed E-state index contributed by atoms with van der Waals surface area (Å²) in [6.07, 6.45) is 2.90. The molecular weight excluding hydrogens is 559 g/mol. The van der Waals surface area contributed by atoms with Gasteiger partial charge in [0.2, 0.25) is 5.91 Å². The van der Waals surface area contributed by atoms with Gasteiger partial charge in [-0.15, -0.1) is 6.58 Å². The molecular formula is C33H42Cl2N2O4. The van der Waals surface area contributed by atoms with E-state index in [1.807, 2.05) is 81.1 Å². The van der Waals surface area contributed by atoms with E-state index in [1.54, 1.807) is 4.90 Å². The van der Waals surface area contributed by atoms with Crippen molar-refractivity contribution < 1.29 is 19.1 Å². The van der Waals surface area contributed by atoms with Crippen molar-refractivity contribution in [2.45, 2.75) is 83.6 Å². The van der Waals surface area contributed by atoms with Gasteiger partial charge in [0.25, 0.3) is 0 Å². The van der Waals surface area contributed by atoms with Gasteiger partial charge in [0.1, 0.15) is 5.60 Å². The molecule has 0 spiro atoms.